The van der Waals surface area contributed by atoms with Crippen molar-refractivity contribution in [2.45, 2.75) is 24.8 Å². The second kappa shape index (κ2) is 3.88. The maximum absolute atomic E-state index is 12.1. The summed E-state index contributed by atoms with van der Waals surface area (Å²) in [6.45, 7) is 3.23. The second-order valence-corrected chi connectivity index (χ2v) is 3.08. The molecule has 1 atom stereocenters. The summed E-state index contributed by atoms with van der Waals surface area (Å²) in [5.74, 6) is 0. The van der Waals surface area contributed by atoms with Crippen molar-refractivity contribution in [3.8, 4) is 0 Å². The monoisotopic (exact) mass is 233 g/mol. The van der Waals surface area contributed by atoms with Crippen LogP contribution in [0.1, 0.15) is 6.92 Å². The minimum Gasteiger partial charge on any atom is -0.315 e. The summed E-state index contributed by atoms with van der Waals surface area (Å²) >= 11 is 0. The van der Waals surface area contributed by atoms with Crippen molar-refractivity contribution in [2.24, 2.45) is 5.73 Å². The Kier molecular flexibility index (Phi) is 3.63. The largest absolute Gasteiger partial charge is 0.416 e. The van der Waals surface area contributed by atoms with E-state index in [2.05, 4.69) is 6.58 Å². The van der Waals surface area contributed by atoms with Gasteiger partial charge in [-0.25, -0.2) is 0 Å². The second-order valence-electron chi connectivity index (χ2n) is 3.08. The van der Waals surface area contributed by atoms with Crippen LogP contribution in [-0.2, 0) is 0 Å². The van der Waals surface area contributed by atoms with Crippen molar-refractivity contribution in [3.63, 3.8) is 0 Å². The number of alkyl halides is 6. The van der Waals surface area contributed by atoms with E-state index in [1.807, 2.05) is 0 Å². The number of hydrogen-bond acceptors (Lipinski definition) is 1. The third-order valence-electron chi connectivity index (χ3n) is 1.61. The number of nitrogens with two attached hydrogens (primary N) is 1. The van der Waals surface area contributed by atoms with Crippen LogP contribution in [0, 0.1) is 0 Å². The minimum atomic E-state index is -4.95. The lowest BCUT2D eigenvalue weighted by Crippen LogP contribution is -2.49. The molecule has 0 saturated heterocycles. The number of hydrogen-bond donors (Lipinski definition) is 1. The first-order chi connectivity index (χ1) is 6.42. The molecule has 1 nitrogen and oxygen atoms in total. The van der Waals surface area contributed by atoms with E-state index in [0.717, 1.165) is 0 Å². The fraction of sp³-hybridized carbons (Fsp3) is 0.500. The third-order valence-corrected chi connectivity index (χ3v) is 1.61. The van der Waals surface area contributed by atoms with E-state index in [0.29, 0.717) is 6.92 Å². The van der Waals surface area contributed by atoms with Crippen molar-refractivity contribution in [3.05, 3.63) is 24.3 Å². The van der Waals surface area contributed by atoms with Crippen LogP contribution in [-0.4, -0.2) is 17.9 Å². The highest BCUT2D eigenvalue weighted by molar-refractivity contribution is 5.27. The summed E-state index contributed by atoms with van der Waals surface area (Å²) < 4.78 is 72.7. The quantitative estimate of drug-likeness (QED) is 0.576. The molecule has 2 N–H and O–H groups in total. The van der Waals surface area contributed by atoms with Gasteiger partial charge in [0.15, 0.2) is 0 Å². The Bertz CT molecular complexity index is 270. The summed E-state index contributed by atoms with van der Waals surface area (Å²) in [5.41, 5.74) is 0.173. The fourth-order valence-corrected chi connectivity index (χ4v) is 0.661. The molecular weight excluding hydrogens is 224 g/mol. The zero-order chi connectivity index (χ0) is 12.5. The van der Waals surface area contributed by atoms with Gasteiger partial charge in [0.1, 0.15) is 5.54 Å². The third kappa shape index (κ3) is 3.58. The molecule has 0 aromatic carbocycles. The zero-order valence-corrected chi connectivity index (χ0v) is 7.71. The Morgan fingerprint density at radius 1 is 1.13 bits per heavy atom. The molecule has 7 heteroatoms. The van der Waals surface area contributed by atoms with E-state index in [-0.39, 0.29) is 12.2 Å². The van der Waals surface area contributed by atoms with Crippen LogP contribution in [0.4, 0.5) is 26.3 Å². The highest BCUT2D eigenvalue weighted by Crippen LogP contribution is 2.34. The van der Waals surface area contributed by atoms with Crippen molar-refractivity contribution in [1.29, 1.82) is 0 Å². The molecule has 0 aliphatic carbocycles. The molecule has 0 fully saturated rings. The average molecular weight is 233 g/mol. The lowest BCUT2D eigenvalue weighted by atomic mass is 9.99. The molecule has 0 amide bonds. The summed E-state index contributed by atoms with van der Waals surface area (Å²) in [6, 6.07) is 0. The van der Waals surface area contributed by atoms with Crippen LogP contribution in [0.5, 0.6) is 0 Å². The van der Waals surface area contributed by atoms with Gasteiger partial charge in [-0.3, -0.25) is 0 Å². The van der Waals surface area contributed by atoms with Gasteiger partial charge in [0.2, 0.25) is 0 Å². The average Bonchev–Trinajstić information content (AvgIpc) is 1.95. The molecule has 0 saturated carbocycles. The highest BCUT2D eigenvalue weighted by atomic mass is 19.4. The minimum absolute atomic E-state index is 0.0972. The number of allylic oxidation sites excluding steroid dienone is 2. The van der Waals surface area contributed by atoms with Crippen molar-refractivity contribution >= 4 is 0 Å². The molecular formula is C8H9F6N. The highest BCUT2D eigenvalue weighted by Gasteiger charge is 2.48. The van der Waals surface area contributed by atoms with E-state index in [1.165, 1.54) is 0 Å². The maximum atomic E-state index is 12.1. The van der Waals surface area contributed by atoms with Crippen LogP contribution in [0.15, 0.2) is 24.3 Å². The zero-order valence-electron chi connectivity index (χ0n) is 7.71. The molecule has 1 unspecified atom stereocenters. The van der Waals surface area contributed by atoms with Gasteiger partial charge in [0.05, 0.1) is 5.57 Å². The van der Waals surface area contributed by atoms with Gasteiger partial charge < -0.3 is 5.73 Å². The maximum Gasteiger partial charge on any atom is 0.416 e. The van der Waals surface area contributed by atoms with Gasteiger partial charge in [-0.05, 0) is 13.0 Å². The molecule has 0 bridgehead atoms. The Morgan fingerprint density at radius 2 is 1.53 bits per heavy atom. The van der Waals surface area contributed by atoms with Crippen LogP contribution < -0.4 is 5.73 Å². The smallest absolute Gasteiger partial charge is 0.315 e. The van der Waals surface area contributed by atoms with Crippen LogP contribution >= 0.6 is 0 Å². The lowest BCUT2D eigenvalue weighted by Gasteiger charge is -2.25. The SMILES string of the molecule is C=C/C(=C\C(C)(N)C(F)(F)F)C(F)(F)F. The topological polar surface area (TPSA) is 26.0 Å². The predicted octanol–water partition coefficient (Wildman–Crippen LogP) is 2.94. The molecule has 0 radical (unpaired) electrons. The normalized spacial score (nSPS) is 18.5. The predicted molar refractivity (Wildman–Crippen MR) is 43.0 cm³/mol. The molecule has 0 heterocycles. The standard InChI is InChI=1S/C8H9F6N/c1-3-5(7(9,10)11)4-6(2,15)8(12,13)14/h3-4H,1,15H2,2H3/b5-4+. The Hall–Kier alpha value is -0.980. The van der Waals surface area contributed by atoms with E-state index in [9.17, 15) is 26.3 Å². The van der Waals surface area contributed by atoms with Crippen molar-refractivity contribution < 1.29 is 26.3 Å². The first-order valence-corrected chi connectivity index (χ1v) is 3.70. The van der Waals surface area contributed by atoms with E-state index in [4.69, 9.17) is 5.73 Å². The Balaban J connectivity index is 5.27. The van der Waals surface area contributed by atoms with Crippen molar-refractivity contribution in [1.82, 2.24) is 0 Å². The Morgan fingerprint density at radius 3 is 1.73 bits per heavy atom. The molecule has 88 valence electrons. The van der Waals surface area contributed by atoms with Gasteiger partial charge in [-0.2, -0.15) is 26.3 Å². The van der Waals surface area contributed by atoms with E-state index >= 15 is 0 Å². The Labute approximate surface area is 82.2 Å². The van der Waals surface area contributed by atoms with Gasteiger partial charge in [-0.1, -0.05) is 12.7 Å². The fourth-order valence-electron chi connectivity index (χ4n) is 0.661. The molecule has 0 aromatic heterocycles. The molecule has 0 aliphatic rings. The van der Waals surface area contributed by atoms with Crippen LogP contribution in [0.25, 0.3) is 0 Å². The van der Waals surface area contributed by atoms with Gasteiger partial charge in [0.25, 0.3) is 0 Å². The van der Waals surface area contributed by atoms with E-state index < -0.39 is 23.5 Å². The van der Waals surface area contributed by atoms with Gasteiger partial charge in [-0.15, -0.1) is 0 Å². The molecule has 0 spiro atoms. The summed E-state index contributed by atoms with van der Waals surface area (Å²) in [6.07, 6.45) is -9.66. The molecule has 0 aliphatic heterocycles. The molecule has 0 aromatic rings. The van der Waals surface area contributed by atoms with Gasteiger partial charge in [0, 0.05) is 0 Å². The first kappa shape index (κ1) is 14.0. The summed E-state index contributed by atoms with van der Waals surface area (Å²) in [7, 11) is 0. The lowest BCUT2D eigenvalue weighted by molar-refractivity contribution is -0.167. The van der Waals surface area contributed by atoms with E-state index in [1.54, 1.807) is 0 Å². The van der Waals surface area contributed by atoms with Crippen LogP contribution in [0.3, 0.4) is 0 Å². The van der Waals surface area contributed by atoms with Crippen LogP contribution in [0.2, 0.25) is 0 Å². The molecule has 15 heavy (non-hydrogen) atoms. The number of halogens is 6. The van der Waals surface area contributed by atoms with Crippen molar-refractivity contribution in [2.75, 3.05) is 0 Å². The van der Waals surface area contributed by atoms with Gasteiger partial charge >= 0.3 is 12.4 Å². The molecule has 0 rings (SSSR count). The first-order valence-electron chi connectivity index (χ1n) is 3.70. The summed E-state index contributed by atoms with van der Waals surface area (Å²) in [5, 5.41) is 0. The summed E-state index contributed by atoms with van der Waals surface area (Å²) in [4.78, 5) is 0. The number of rotatable bonds is 2.